The summed E-state index contributed by atoms with van der Waals surface area (Å²) in [5.41, 5.74) is 1.12. The normalized spacial score (nSPS) is 8.31. The van der Waals surface area contributed by atoms with Gasteiger partial charge in [-0.1, -0.05) is 30.3 Å². The first kappa shape index (κ1) is 12.1. The molecule has 0 bridgehead atoms. The van der Waals surface area contributed by atoms with Crippen LogP contribution in [0.15, 0.2) is 53.1 Å². The molecule has 2 rings (SSSR count). The summed E-state index contributed by atoms with van der Waals surface area (Å²) in [5, 5.41) is 0. The number of rotatable bonds is 1. The number of hydrogen-bond donors (Lipinski definition) is 0. The van der Waals surface area contributed by atoms with E-state index in [2.05, 4.69) is 0 Å². The van der Waals surface area contributed by atoms with E-state index in [1.807, 2.05) is 42.5 Å². The standard InChI is InChI=1S/C10H8O.2ClH/c1-2-5-9(6-3-1)10-7-4-8-11-10;;/h1-8H;2*1H. The molecule has 0 unspecified atom stereocenters. The lowest BCUT2D eigenvalue weighted by Gasteiger charge is -1.92. The van der Waals surface area contributed by atoms with Crippen molar-refractivity contribution in [3.8, 4) is 11.3 Å². The van der Waals surface area contributed by atoms with E-state index in [0.717, 1.165) is 11.3 Å². The Bertz CT molecular complexity index is 316. The highest BCUT2D eigenvalue weighted by molar-refractivity contribution is 5.85. The van der Waals surface area contributed by atoms with Crippen LogP contribution in [0.5, 0.6) is 0 Å². The number of hydrogen-bond acceptors (Lipinski definition) is 1. The summed E-state index contributed by atoms with van der Waals surface area (Å²) in [6.45, 7) is 0. The molecule has 2 aromatic rings. The van der Waals surface area contributed by atoms with E-state index >= 15 is 0 Å². The third-order valence-corrected chi connectivity index (χ3v) is 1.58. The summed E-state index contributed by atoms with van der Waals surface area (Å²) >= 11 is 0. The molecule has 0 aliphatic carbocycles. The zero-order chi connectivity index (χ0) is 7.52. The van der Waals surface area contributed by atoms with Crippen LogP contribution >= 0.6 is 24.8 Å². The van der Waals surface area contributed by atoms with Gasteiger partial charge in [0.05, 0.1) is 6.26 Å². The molecule has 3 heteroatoms. The van der Waals surface area contributed by atoms with Gasteiger partial charge in [0, 0.05) is 5.56 Å². The average Bonchev–Trinajstić information content (AvgIpc) is 2.58. The van der Waals surface area contributed by atoms with Gasteiger partial charge < -0.3 is 4.42 Å². The zero-order valence-electron chi connectivity index (χ0n) is 6.84. The molecular weight excluding hydrogens is 207 g/mol. The minimum absolute atomic E-state index is 0. The Morgan fingerprint density at radius 3 is 2.00 bits per heavy atom. The van der Waals surface area contributed by atoms with E-state index in [9.17, 15) is 0 Å². The number of furan rings is 1. The lowest BCUT2D eigenvalue weighted by molar-refractivity contribution is 0.582. The predicted octanol–water partition coefficient (Wildman–Crippen LogP) is 3.79. The van der Waals surface area contributed by atoms with Crippen LogP contribution in [0.25, 0.3) is 11.3 Å². The molecule has 0 N–H and O–H groups in total. The van der Waals surface area contributed by atoms with Gasteiger partial charge in [-0.25, -0.2) is 0 Å². The lowest BCUT2D eigenvalue weighted by atomic mass is 10.2. The molecule has 1 heterocycles. The van der Waals surface area contributed by atoms with Gasteiger partial charge in [0.2, 0.25) is 0 Å². The van der Waals surface area contributed by atoms with Crippen molar-refractivity contribution in [1.29, 1.82) is 0 Å². The maximum absolute atomic E-state index is 5.22. The summed E-state index contributed by atoms with van der Waals surface area (Å²) < 4.78 is 5.22. The SMILES string of the molecule is Cl.Cl.c1ccc(-c2ccco2)cc1. The molecule has 0 atom stereocenters. The quantitative estimate of drug-likeness (QED) is 0.708. The summed E-state index contributed by atoms with van der Waals surface area (Å²) in [4.78, 5) is 0. The number of halogens is 2. The van der Waals surface area contributed by atoms with Crippen LogP contribution in [0, 0.1) is 0 Å². The molecule has 0 spiro atoms. The first-order chi connectivity index (χ1) is 5.47. The van der Waals surface area contributed by atoms with Crippen molar-refractivity contribution in [2.75, 3.05) is 0 Å². The molecule has 1 aromatic carbocycles. The summed E-state index contributed by atoms with van der Waals surface area (Å²) in [6.07, 6.45) is 1.68. The maximum Gasteiger partial charge on any atom is 0.133 e. The average molecular weight is 217 g/mol. The number of benzene rings is 1. The Labute approximate surface area is 89.6 Å². The second-order valence-electron chi connectivity index (χ2n) is 2.34. The van der Waals surface area contributed by atoms with Crippen molar-refractivity contribution >= 4 is 24.8 Å². The topological polar surface area (TPSA) is 13.1 Å². The molecule has 0 saturated carbocycles. The fourth-order valence-corrected chi connectivity index (χ4v) is 1.05. The summed E-state index contributed by atoms with van der Waals surface area (Å²) in [5.74, 6) is 0.922. The molecule has 0 aliphatic rings. The van der Waals surface area contributed by atoms with Gasteiger partial charge in [-0.05, 0) is 12.1 Å². The molecule has 0 radical (unpaired) electrons. The second kappa shape index (κ2) is 5.68. The summed E-state index contributed by atoms with van der Waals surface area (Å²) in [6, 6.07) is 13.9. The van der Waals surface area contributed by atoms with Crippen molar-refractivity contribution in [1.82, 2.24) is 0 Å². The highest BCUT2D eigenvalue weighted by Crippen LogP contribution is 2.18. The molecule has 1 nitrogen and oxygen atoms in total. The Kier molecular flexibility index (Phi) is 5.28. The van der Waals surface area contributed by atoms with E-state index in [1.165, 1.54) is 0 Å². The zero-order valence-corrected chi connectivity index (χ0v) is 8.48. The third-order valence-electron chi connectivity index (χ3n) is 1.58. The van der Waals surface area contributed by atoms with Gasteiger partial charge in [-0.15, -0.1) is 24.8 Å². The minimum atomic E-state index is 0. The van der Waals surface area contributed by atoms with Crippen LogP contribution in [0.3, 0.4) is 0 Å². The van der Waals surface area contributed by atoms with Crippen molar-refractivity contribution in [2.24, 2.45) is 0 Å². The van der Waals surface area contributed by atoms with Crippen LogP contribution in [-0.2, 0) is 0 Å². The van der Waals surface area contributed by atoms with Crippen molar-refractivity contribution < 1.29 is 4.42 Å². The second-order valence-corrected chi connectivity index (χ2v) is 2.34. The largest absolute Gasteiger partial charge is 0.464 e. The maximum atomic E-state index is 5.22. The molecular formula is C10H10Cl2O. The van der Waals surface area contributed by atoms with Crippen LogP contribution in [0.1, 0.15) is 0 Å². The van der Waals surface area contributed by atoms with E-state index in [4.69, 9.17) is 4.42 Å². The van der Waals surface area contributed by atoms with Crippen LogP contribution in [0.2, 0.25) is 0 Å². The first-order valence-corrected chi connectivity index (χ1v) is 3.56. The van der Waals surface area contributed by atoms with Gasteiger partial charge >= 0.3 is 0 Å². The Hall–Kier alpha value is -0.920. The van der Waals surface area contributed by atoms with Crippen molar-refractivity contribution in [3.05, 3.63) is 48.7 Å². The van der Waals surface area contributed by atoms with Gasteiger partial charge in [-0.3, -0.25) is 0 Å². The van der Waals surface area contributed by atoms with Crippen LogP contribution < -0.4 is 0 Å². The van der Waals surface area contributed by atoms with Crippen LogP contribution in [-0.4, -0.2) is 0 Å². The van der Waals surface area contributed by atoms with Crippen molar-refractivity contribution in [2.45, 2.75) is 0 Å². The van der Waals surface area contributed by atoms with Gasteiger partial charge in [0.25, 0.3) is 0 Å². The fraction of sp³-hybridized carbons (Fsp3) is 0. The third kappa shape index (κ3) is 2.79. The molecule has 0 amide bonds. The van der Waals surface area contributed by atoms with Gasteiger partial charge in [-0.2, -0.15) is 0 Å². The highest BCUT2D eigenvalue weighted by Gasteiger charge is 1.95. The van der Waals surface area contributed by atoms with Crippen molar-refractivity contribution in [3.63, 3.8) is 0 Å². The minimum Gasteiger partial charge on any atom is -0.464 e. The van der Waals surface area contributed by atoms with Gasteiger partial charge in [0.15, 0.2) is 0 Å². The molecule has 13 heavy (non-hydrogen) atoms. The molecule has 1 aromatic heterocycles. The summed E-state index contributed by atoms with van der Waals surface area (Å²) in [7, 11) is 0. The van der Waals surface area contributed by atoms with E-state index in [1.54, 1.807) is 6.26 Å². The van der Waals surface area contributed by atoms with E-state index < -0.39 is 0 Å². The highest BCUT2D eigenvalue weighted by atomic mass is 35.5. The molecule has 70 valence electrons. The first-order valence-electron chi connectivity index (χ1n) is 3.56. The fourth-order valence-electron chi connectivity index (χ4n) is 1.05. The smallest absolute Gasteiger partial charge is 0.133 e. The Morgan fingerprint density at radius 1 is 0.769 bits per heavy atom. The molecule has 0 fully saturated rings. The molecule has 0 saturated heterocycles. The lowest BCUT2D eigenvalue weighted by Crippen LogP contribution is -1.69. The Morgan fingerprint density at radius 2 is 1.46 bits per heavy atom. The van der Waals surface area contributed by atoms with Crippen LogP contribution in [0.4, 0.5) is 0 Å². The van der Waals surface area contributed by atoms with Gasteiger partial charge in [0.1, 0.15) is 5.76 Å². The monoisotopic (exact) mass is 216 g/mol. The van der Waals surface area contributed by atoms with E-state index in [0.29, 0.717) is 0 Å². The predicted molar refractivity (Wildman–Crippen MR) is 58.6 cm³/mol. The van der Waals surface area contributed by atoms with E-state index in [-0.39, 0.29) is 24.8 Å². The Balaban J connectivity index is 0.000000720. The molecule has 0 aliphatic heterocycles.